The number of imidazole rings is 1. The Morgan fingerprint density at radius 2 is 1.97 bits per heavy atom. The highest BCUT2D eigenvalue weighted by Crippen LogP contribution is 2.25. The Bertz CT molecular complexity index is 1170. The van der Waals surface area contributed by atoms with E-state index >= 15 is 0 Å². The van der Waals surface area contributed by atoms with Crippen LogP contribution >= 0.6 is 12.2 Å². The van der Waals surface area contributed by atoms with Crippen molar-refractivity contribution in [3.05, 3.63) is 75.7 Å². The fourth-order valence-corrected chi connectivity index (χ4v) is 5.02. The zero-order chi connectivity index (χ0) is 20.5. The van der Waals surface area contributed by atoms with Crippen LogP contribution in [0.4, 0.5) is 0 Å². The van der Waals surface area contributed by atoms with Gasteiger partial charge in [-0.2, -0.15) is 0 Å². The van der Waals surface area contributed by atoms with E-state index in [-0.39, 0.29) is 11.7 Å². The topological polar surface area (TPSA) is 53.1 Å². The number of piperidine rings is 1. The third kappa shape index (κ3) is 3.56. The average molecular weight is 419 g/mol. The molecule has 1 fully saturated rings. The predicted octanol–water partition coefficient (Wildman–Crippen LogP) is 4.00. The van der Waals surface area contributed by atoms with E-state index in [9.17, 15) is 4.79 Å². The van der Waals surface area contributed by atoms with Crippen molar-refractivity contribution in [3.8, 4) is 0 Å². The van der Waals surface area contributed by atoms with E-state index in [0.717, 1.165) is 61.5 Å². The number of H-pyrrole nitrogens is 1. The molecule has 2 aliphatic rings. The Morgan fingerprint density at radius 3 is 2.83 bits per heavy atom. The number of nitrogens with zero attached hydrogens (tertiary/aromatic N) is 2. The Kier molecular flexibility index (Phi) is 5.17. The number of thiocarbonyl (C=S) groups is 1. The van der Waals surface area contributed by atoms with Gasteiger partial charge in [0.1, 0.15) is 0 Å². The van der Waals surface area contributed by atoms with Gasteiger partial charge in [0.05, 0.1) is 11.0 Å². The first-order valence-corrected chi connectivity index (χ1v) is 11.1. The number of rotatable bonds is 3. The first-order valence-electron chi connectivity index (χ1n) is 10.7. The van der Waals surface area contributed by atoms with Crippen LogP contribution in [-0.2, 0) is 13.0 Å². The second-order valence-corrected chi connectivity index (χ2v) is 8.51. The number of benzene rings is 2. The number of aromatic nitrogens is 2. The number of fused-ring (bicyclic) bond motifs is 2. The molecule has 2 N–H and O–H groups in total. The molecule has 1 aliphatic carbocycles. The van der Waals surface area contributed by atoms with Crippen molar-refractivity contribution in [1.82, 2.24) is 19.8 Å². The van der Waals surface area contributed by atoms with E-state index in [1.54, 1.807) is 0 Å². The second kappa shape index (κ2) is 8.11. The monoisotopic (exact) mass is 418 g/mol. The summed E-state index contributed by atoms with van der Waals surface area (Å²) in [5, 5.41) is 4.28. The van der Waals surface area contributed by atoms with Crippen LogP contribution in [-0.4, -0.2) is 32.7 Å². The van der Waals surface area contributed by atoms with Gasteiger partial charge in [0.25, 0.3) is 0 Å². The van der Waals surface area contributed by atoms with Gasteiger partial charge in [-0.05, 0) is 66.7 Å². The molecule has 1 saturated heterocycles. The molecule has 0 radical (unpaired) electrons. The van der Waals surface area contributed by atoms with Gasteiger partial charge >= 0.3 is 5.69 Å². The van der Waals surface area contributed by atoms with Crippen molar-refractivity contribution in [2.75, 3.05) is 13.1 Å². The average Bonchev–Trinajstić information content (AvgIpc) is 3.13. The summed E-state index contributed by atoms with van der Waals surface area (Å²) in [5.74, 6) is 0. The Balaban J connectivity index is 1.22. The molecule has 2 heterocycles. The predicted molar refractivity (Wildman–Crippen MR) is 126 cm³/mol. The van der Waals surface area contributed by atoms with Crippen LogP contribution in [0.5, 0.6) is 0 Å². The minimum Gasteiger partial charge on any atom is -0.358 e. The maximum Gasteiger partial charge on any atom is 0.326 e. The molecule has 154 valence electrons. The SMILES string of the molecule is O=c1[nH]c2ccccc2n1C1CCN(C(=S)NCc2cccc3c2CCC=C3)CC1. The largest absolute Gasteiger partial charge is 0.358 e. The zero-order valence-electron chi connectivity index (χ0n) is 16.9. The molecule has 2 aromatic carbocycles. The van der Waals surface area contributed by atoms with E-state index in [1.807, 2.05) is 28.8 Å². The van der Waals surface area contributed by atoms with Crippen LogP contribution in [0.3, 0.4) is 0 Å². The van der Waals surface area contributed by atoms with Gasteiger partial charge in [0.2, 0.25) is 0 Å². The van der Waals surface area contributed by atoms with E-state index in [4.69, 9.17) is 12.2 Å². The lowest BCUT2D eigenvalue weighted by Crippen LogP contribution is -2.45. The van der Waals surface area contributed by atoms with Gasteiger partial charge < -0.3 is 15.2 Å². The van der Waals surface area contributed by atoms with Crippen molar-refractivity contribution in [2.24, 2.45) is 0 Å². The molecule has 3 aromatic rings. The summed E-state index contributed by atoms with van der Waals surface area (Å²) in [6, 6.07) is 14.6. The molecule has 30 heavy (non-hydrogen) atoms. The van der Waals surface area contributed by atoms with Crippen molar-refractivity contribution in [2.45, 2.75) is 38.3 Å². The molecule has 1 aromatic heterocycles. The third-order valence-corrected chi connectivity index (χ3v) is 6.74. The lowest BCUT2D eigenvalue weighted by molar-refractivity contribution is 0.264. The van der Waals surface area contributed by atoms with Crippen LogP contribution in [0.15, 0.2) is 53.3 Å². The Hall–Kier alpha value is -2.86. The second-order valence-electron chi connectivity index (χ2n) is 8.12. The number of allylic oxidation sites excluding steroid dienone is 1. The van der Waals surface area contributed by atoms with Gasteiger partial charge in [-0.3, -0.25) is 4.57 Å². The highest BCUT2D eigenvalue weighted by Gasteiger charge is 2.24. The first kappa shape index (κ1) is 19.1. The van der Waals surface area contributed by atoms with Crippen molar-refractivity contribution in [1.29, 1.82) is 0 Å². The smallest absolute Gasteiger partial charge is 0.326 e. The number of nitrogens with one attached hydrogen (secondary N) is 2. The van der Waals surface area contributed by atoms with Crippen LogP contribution in [0.1, 0.15) is 42.0 Å². The summed E-state index contributed by atoms with van der Waals surface area (Å²) in [7, 11) is 0. The quantitative estimate of drug-likeness (QED) is 0.632. The number of hydrogen-bond donors (Lipinski definition) is 2. The number of aromatic amines is 1. The maximum absolute atomic E-state index is 12.5. The van der Waals surface area contributed by atoms with Crippen LogP contribution < -0.4 is 11.0 Å². The van der Waals surface area contributed by atoms with Crippen molar-refractivity contribution in [3.63, 3.8) is 0 Å². The molecule has 0 spiro atoms. The fraction of sp³-hybridized carbons (Fsp3) is 0.333. The summed E-state index contributed by atoms with van der Waals surface area (Å²) in [6.45, 7) is 2.48. The summed E-state index contributed by atoms with van der Waals surface area (Å²) in [5.41, 5.74) is 5.98. The van der Waals surface area contributed by atoms with Crippen molar-refractivity contribution < 1.29 is 0 Å². The van der Waals surface area contributed by atoms with E-state index in [1.165, 1.54) is 16.7 Å². The fourth-order valence-electron chi connectivity index (χ4n) is 4.77. The van der Waals surface area contributed by atoms with E-state index in [0.29, 0.717) is 0 Å². The highest BCUT2D eigenvalue weighted by atomic mass is 32.1. The normalized spacial score (nSPS) is 16.6. The van der Waals surface area contributed by atoms with Crippen LogP contribution in [0.2, 0.25) is 0 Å². The Labute approximate surface area is 181 Å². The van der Waals surface area contributed by atoms with Gasteiger partial charge in [0.15, 0.2) is 5.11 Å². The maximum atomic E-state index is 12.5. The molecule has 0 amide bonds. The van der Waals surface area contributed by atoms with Gasteiger partial charge in [-0.25, -0.2) is 4.79 Å². The molecule has 1 aliphatic heterocycles. The Morgan fingerprint density at radius 1 is 1.13 bits per heavy atom. The lowest BCUT2D eigenvalue weighted by atomic mass is 9.93. The molecular formula is C24H26N4OS. The van der Waals surface area contributed by atoms with Crippen molar-refractivity contribution >= 4 is 34.4 Å². The van der Waals surface area contributed by atoms with E-state index in [2.05, 4.69) is 45.6 Å². The standard InChI is InChI=1S/C24H26N4OS/c29-23-26-21-10-3-4-11-22(21)28(23)19-12-14-27(15-13-19)24(30)25-16-18-8-5-7-17-6-1-2-9-20(17)18/h1,3-8,10-11,19H,2,9,12-16H2,(H,25,30)(H,26,29). The van der Waals surface area contributed by atoms with Gasteiger partial charge in [0, 0.05) is 25.7 Å². The molecule has 6 heteroatoms. The molecule has 0 saturated carbocycles. The number of likely N-dealkylation sites (tertiary alicyclic amines) is 1. The van der Waals surface area contributed by atoms with E-state index < -0.39 is 0 Å². The van der Waals surface area contributed by atoms with Gasteiger partial charge in [-0.15, -0.1) is 0 Å². The lowest BCUT2D eigenvalue weighted by Gasteiger charge is -2.34. The zero-order valence-corrected chi connectivity index (χ0v) is 17.8. The number of para-hydroxylation sites is 2. The summed E-state index contributed by atoms with van der Waals surface area (Å²) < 4.78 is 1.92. The van der Waals surface area contributed by atoms with Gasteiger partial charge in [-0.1, -0.05) is 42.5 Å². The molecular weight excluding hydrogens is 392 g/mol. The minimum atomic E-state index is -0.0155. The first-order chi connectivity index (χ1) is 14.7. The summed E-state index contributed by atoms with van der Waals surface area (Å²) >= 11 is 5.70. The minimum absolute atomic E-state index is 0.0155. The molecule has 0 atom stereocenters. The molecule has 0 bridgehead atoms. The summed E-state index contributed by atoms with van der Waals surface area (Å²) in [4.78, 5) is 17.7. The highest BCUT2D eigenvalue weighted by molar-refractivity contribution is 7.80. The number of hydrogen-bond acceptors (Lipinski definition) is 2. The molecule has 0 unspecified atom stereocenters. The van der Waals surface area contributed by atoms with Crippen LogP contribution in [0, 0.1) is 0 Å². The molecule has 5 nitrogen and oxygen atoms in total. The molecule has 5 rings (SSSR count). The third-order valence-electron chi connectivity index (χ3n) is 6.34. The summed E-state index contributed by atoms with van der Waals surface area (Å²) in [6.07, 6.45) is 8.49. The van der Waals surface area contributed by atoms with Crippen LogP contribution in [0.25, 0.3) is 17.1 Å².